The van der Waals surface area contributed by atoms with Crippen LogP contribution in [-0.2, 0) is 7.05 Å². The molecule has 1 heterocycles. The van der Waals surface area contributed by atoms with Crippen LogP contribution in [-0.4, -0.2) is 16.8 Å². The molecule has 2 rings (SSSR count). The van der Waals surface area contributed by atoms with Crippen molar-refractivity contribution in [2.45, 2.75) is 45.1 Å². The summed E-state index contributed by atoms with van der Waals surface area (Å²) in [7, 11) is 4.12. The van der Waals surface area contributed by atoms with E-state index >= 15 is 0 Å². The van der Waals surface area contributed by atoms with Gasteiger partial charge < -0.3 is 5.32 Å². The topological polar surface area (TPSA) is 29.9 Å². The first kappa shape index (κ1) is 12.6. The lowest BCUT2D eigenvalue weighted by Gasteiger charge is -2.34. The van der Waals surface area contributed by atoms with E-state index in [0.717, 1.165) is 11.8 Å². The van der Waals surface area contributed by atoms with E-state index in [0.29, 0.717) is 6.04 Å². The molecule has 3 heteroatoms. The molecular formula is C14H25N3. The van der Waals surface area contributed by atoms with Crippen LogP contribution in [0.1, 0.15) is 50.8 Å². The van der Waals surface area contributed by atoms with Crippen molar-refractivity contribution in [3.8, 4) is 0 Å². The molecule has 1 aromatic heterocycles. The highest BCUT2D eigenvalue weighted by molar-refractivity contribution is 5.08. The predicted octanol–water partition coefficient (Wildman–Crippen LogP) is 2.90. The van der Waals surface area contributed by atoms with Crippen LogP contribution in [0.15, 0.2) is 12.3 Å². The first-order chi connectivity index (χ1) is 8.26. The monoisotopic (exact) mass is 235 g/mol. The standard InChI is InChI=1S/C14H25N3/c1-4-11-6-5-7-12(10-11)14(15-2)13-8-9-16-17(13)3/h8-9,11-12,14-15H,4-7,10H2,1-3H3. The van der Waals surface area contributed by atoms with Gasteiger partial charge in [0.2, 0.25) is 0 Å². The van der Waals surface area contributed by atoms with Crippen molar-refractivity contribution in [3.05, 3.63) is 18.0 Å². The fourth-order valence-corrected chi connectivity index (χ4v) is 3.32. The Labute approximate surface area is 105 Å². The van der Waals surface area contributed by atoms with Gasteiger partial charge >= 0.3 is 0 Å². The van der Waals surface area contributed by atoms with E-state index in [1.54, 1.807) is 0 Å². The SMILES string of the molecule is CCC1CCCC(C(NC)c2ccnn2C)C1. The van der Waals surface area contributed by atoms with Crippen molar-refractivity contribution in [2.75, 3.05) is 7.05 Å². The lowest BCUT2D eigenvalue weighted by molar-refractivity contribution is 0.210. The molecule has 0 amide bonds. The lowest BCUT2D eigenvalue weighted by Crippen LogP contribution is -2.30. The van der Waals surface area contributed by atoms with Gasteiger partial charge in [0.25, 0.3) is 0 Å². The van der Waals surface area contributed by atoms with Crippen LogP contribution >= 0.6 is 0 Å². The number of aromatic nitrogens is 2. The van der Waals surface area contributed by atoms with E-state index < -0.39 is 0 Å². The van der Waals surface area contributed by atoms with Crippen LogP contribution < -0.4 is 5.32 Å². The first-order valence-corrected chi connectivity index (χ1v) is 6.91. The smallest absolute Gasteiger partial charge is 0.0553 e. The highest BCUT2D eigenvalue weighted by Crippen LogP contribution is 2.38. The fourth-order valence-electron chi connectivity index (χ4n) is 3.32. The second-order valence-corrected chi connectivity index (χ2v) is 5.35. The van der Waals surface area contributed by atoms with Crippen LogP contribution in [0, 0.1) is 11.8 Å². The molecule has 0 spiro atoms. The van der Waals surface area contributed by atoms with Gasteiger partial charge in [-0.25, -0.2) is 0 Å². The van der Waals surface area contributed by atoms with Crippen LogP contribution in [0.25, 0.3) is 0 Å². The second kappa shape index (κ2) is 5.67. The summed E-state index contributed by atoms with van der Waals surface area (Å²) >= 11 is 0. The van der Waals surface area contributed by atoms with Crippen molar-refractivity contribution < 1.29 is 0 Å². The van der Waals surface area contributed by atoms with E-state index in [4.69, 9.17) is 0 Å². The molecule has 3 nitrogen and oxygen atoms in total. The number of aryl methyl sites for hydroxylation is 1. The third kappa shape index (κ3) is 2.71. The zero-order valence-electron chi connectivity index (χ0n) is 11.3. The Kier molecular flexibility index (Phi) is 4.21. The van der Waals surface area contributed by atoms with Crippen molar-refractivity contribution in [1.29, 1.82) is 0 Å². The van der Waals surface area contributed by atoms with Crippen molar-refractivity contribution in [1.82, 2.24) is 15.1 Å². The fraction of sp³-hybridized carbons (Fsp3) is 0.786. The van der Waals surface area contributed by atoms with E-state index in [9.17, 15) is 0 Å². The Bertz CT molecular complexity index is 345. The highest BCUT2D eigenvalue weighted by Gasteiger charge is 2.29. The third-order valence-electron chi connectivity index (χ3n) is 4.36. The maximum atomic E-state index is 4.30. The van der Waals surface area contributed by atoms with Crippen LogP contribution in [0.5, 0.6) is 0 Å². The summed E-state index contributed by atoms with van der Waals surface area (Å²) in [6.45, 7) is 2.32. The summed E-state index contributed by atoms with van der Waals surface area (Å²) in [5.41, 5.74) is 1.33. The predicted molar refractivity (Wildman–Crippen MR) is 70.7 cm³/mol. The van der Waals surface area contributed by atoms with E-state index in [2.05, 4.69) is 30.5 Å². The average Bonchev–Trinajstić information content (AvgIpc) is 2.77. The van der Waals surface area contributed by atoms with Crippen molar-refractivity contribution >= 4 is 0 Å². The Morgan fingerprint density at radius 1 is 1.53 bits per heavy atom. The summed E-state index contributed by atoms with van der Waals surface area (Å²) < 4.78 is 2.01. The number of rotatable bonds is 4. The molecule has 3 unspecified atom stereocenters. The first-order valence-electron chi connectivity index (χ1n) is 6.91. The highest BCUT2D eigenvalue weighted by atomic mass is 15.3. The summed E-state index contributed by atoms with van der Waals surface area (Å²) in [5.74, 6) is 1.70. The number of hydrogen-bond donors (Lipinski definition) is 1. The molecule has 1 aliphatic rings. The third-order valence-corrected chi connectivity index (χ3v) is 4.36. The minimum atomic E-state index is 0.469. The Balaban J connectivity index is 2.10. The average molecular weight is 235 g/mol. The molecule has 1 fully saturated rings. The summed E-state index contributed by atoms with van der Waals surface area (Å²) in [6, 6.07) is 2.62. The van der Waals surface area contributed by atoms with Gasteiger partial charge in [0, 0.05) is 13.2 Å². The van der Waals surface area contributed by atoms with Gasteiger partial charge in [-0.2, -0.15) is 5.10 Å². The molecule has 1 aliphatic carbocycles. The van der Waals surface area contributed by atoms with E-state index in [1.807, 2.05) is 17.9 Å². The zero-order chi connectivity index (χ0) is 12.3. The summed E-state index contributed by atoms with van der Waals surface area (Å²) in [5, 5.41) is 7.79. The normalized spacial score (nSPS) is 27.0. The molecule has 0 aliphatic heterocycles. The molecule has 17 heavy (non-hydrogen) atoms. The molecular weight excluding hydrogens is 210 g/mol. The molecule has 0 bridgehead atoms. The van der Waals surface area contributed by atoms with Gasteiger partial charge in [-0.3, -0.25) is 4.68 Å². The summed E-state index contributed by atoms with van der Waals surface area (Å²) in [6.07, 6.45) is 8.77. The molecule has 3 atom stereocenters. The maximum Gasteiger partial charge on any atom is 0.0553 e. The Hall–Kier alpha value is -0.830. The number of nitrogens with zero attached hydrogens (tertiary/aromatic N) is 2. The largest absolute Gasteiger partial charge is 0.311 e. The Morgan fingerprint density at radius 3 is 2.94 bits per heavy atom. The van der Waals surface area contributed by atoms with Crippen LogP contribution in [0.3, 0.4) is 0 Å². The van der Waals surface area contributed by atoms with Gasteiger partial charge in [-0.15, -0.1) is 0 Å². The molecule has 0 aromatic carbocycles. The minimum Gasteiger partial charge on any atom is -0.311 e. The van der Waals surface area contributed by atoms with Gasteiger partial charge in [0.15, 0.2) is 0 Å². The molecule has 0 radical (unpaired) electrons. The molecule has 1 N–H and O–H groups in total. The second-order valence-electron chi connectivity index (χ2n) is 5.35. The van der Waals surface area contributed by atoms with E-state index in [1.165, 1.54) is 37.8 Å². The van der Waals surface area contributed by atoms with Crippen LogP contribution in [0.4, 0.5) is 0 Å². The zero-order valence-corrected chi connectivity index (χ0v) is 11.3. The van der Waals surface area contributed by atoms with Crippen molar-refractivity contribution in [3.63, 3.8) is 0 Å². The molecule has 96 valence electrons. The minimum absolute atomic E-state index is 0.469. The van der Waals surface area contributed by atoms with Gasteiger partial charge in [0.05, 0.1) is 11.7 Å². The Morgan fingerprint density at radius 2 is 2.35 bits per heavy atom. The van der Waals surface area contributed by atoms with Crippen molar-refractivity contribution in [2.24, 2.45) is 18.9 Å². The van der Waals surface area contributed by atoms with E-state index in [-0.39, 0.29) is 0 Å². The number of nitrogens with one attached hydrogen (secondary N) is 1. The molecule has 1 aromatic rings. The molecule has 0 saturated heterocycles. The van der Waals surface area contributed by atoms with Gasteiger partial charge in [0.1, 0.15) is 0 Å². The van der Waals surface area contributed by atoms with Crippen LogP contribution in [0.2, 0.25) is 0 Å². The number of hydrogen-bond acceptors (Lipinski definition) is 2. The maximum absolute atomic E-state index is 4.30. The van der Waals surface area contributed by atoms with Gasteiger partial charge in [-0.1, -0.05) is 26.2 Å². The quantitative estimate of drug-likeness (QED) is 0.869. The summed E-state index contributed by atoms with van der Waals surface area (Å²) in [4.78, 5) is 0. The molecule has 1 saturated carbocycles. The van der Waals surface area contributed by atoms with Gasteiger partial charge in [-0.05, 0) is 37.8 Å². The lowest BCUT2D eigenvalue weighted by atomic mass is 9.76.